The van der Waals surface area contributed by atoms with E-state index in [1.807, 2.05) is 36.4 Å². The molecule has 0 saturated carbocycles. The van der Waals surface area contributed by atoms with Gasteiger partial charge in [0.25, 0.3) is 26.1 Å². The van der Waals surface area contributed by atoms with E-state index >= 15 is 0 Å². The highest BCUT2D eigenvalue weighted by Crippen LogP contribution is 2.48. The van der Waals surface area contributed by atoms with Crippen LogP contribution in [0.4, 0.5) is 11.4 Å². The van der Waals surface area contributed by atoms with Gasteiger partial charge in [-0.1, -0.05) is 44.0 Å². The Labute approximate surface area is 278 Å². The SMILES string of the molecule is C#CCNC(=O)c1ccc2c(c1)C(C)(C)/C(=C\C=C\C1=[N+](CCCCS(=O)(=O)O)c3ccccc3C1(C)C)N2CCCCS(=O)(=O)O. The molecule has 2 aliphatic rings. The predicted molar refractivity (Wildman–Crippen MR) is 186 cm³/mol. The van der Waals surface area contributed by atoms with Gasteiger partial charge in [0.05, 0.1) is 23.5 Å². The van der Waals surface area contributed by atoms with Crippen LogP contribution in [0.3, 0.4) is 0 Å². The molecule has 0 radical (unpaired) electrons. The number of hydrogen-bond acceptors (Lipinski definition) is 6. The molecular weight excluding hydrogens is 639 g/mol. The molecule has 2 aromatic rings. The van der Waals surface area contributed by atoms with Crippen LogP contribution in [-0.4, -0.2) is 73.3 Å². The Hall–Kier alpha value is -3.76. The first-order valence-electron chi connectivity index (χ1n) is 15.6. The van der Waals surface area contributed by atoms with Gasteiger partial charge in [0, 0.05) is 53.0 Å². The summed E-state index contributed by atoms with van der Waals surface area (Å²) in [5.74, 6) is 1.54. The van der Waals surface area contributed by atoms with E-state index < -0.39 is 25.7 Å². The van der Waals surface area contributed by atoms with Gasteiger partial charge in [-0.2, -0.15) is 21.4 Å². The van der Waals surface area contributed by atoms with E-state index in [0.717, 1.165) is 33.9 Å². The predicted octanol–water partition coefficient (Wildman–Crippen LogP) is 5.00. The largest absolute Gasteiger partial charge is 0.344 e. The number of amides is 1. The van der Waals surface area contributed by atoms with E-state index in [-0.39, 0.29) is 35.8 Å². The molecule has 3 N–H and O–H groups in total. The topological polar surface area (TPSA) is 144 Å². The van der Waals surface area contributed by atoms with Crippen LogP contribution in [0.15, 0.2) is 66.4 Å². The molecule has 12 heteroatoms. The summed E-state index contributed by atoms with van der Waals surface area (Å²) in [5, 5.41) is 2.71. The summed E-state index contributed by atoms with van der Waals surface area (Å²) >= 11 is 0. The Kier molecular flexibility index (Phi) is 10.9. The Morgan fingerprint density at radius 2 is 1.60 bits per heavy atom. The number of fused-ring (bicyclic) bond motifs is 2. The highest BCUT2D eigenvalue weighted by Gasteiger charge is 2.44. The number of nitrogens with one attached hydrogen (secondary N) is 1. The van der Waals surface area contributed by atoms with Crippen LogP contribution >= 0.6 is 0 Å². The minimum atomic E-state index is -4.07. The molecule has 2 aromatic carbocycles. The third-order valence-corrected chi connectivity index (χ3v) is 10.5. The molecule has 47 heavy (non-hydrogen) atoms. The van der Waals surface area contributed by atoms with Crippen molar-refractivity contribution in [2.75, 3.05) is 36.0 Å². The number of rotatable bonds is 14. The highest BCUT2D eigenvalue weighted by atomic mass is 32.2. The van der Waals surface area contributed by atoms with Crippen molar-refractivity contribution in [1.82, 2.24) is 5.32 Å². The van der Waals surface area contributed by atoms with Gasteiger partial charge in [0.2, 0.25) is 5.69 Å². The first-order chi connectivity index (χ1) is 22.0. The number of allylic oxidation sites excluding steroid dienone is 4. The molecule has 2 aliphatic heterocycles. The monoisotopic (exact) mass is 682 g/mol. The fourth-order valence-electron chi connectivity index (χ4n) is 6.51. The second-order valence-corrected chi connectivity index (χ2v) is 16.1. The number of unbranched alkanes of at least 4 members (excludes halogenated alkanes) is 2. The van der Waals surface area contributed by atoms with Crippen LogP contribution in [0.1, 0.15) is 74.9 Å². The summed E-state index contributed by atoms with van der Waals surface area (Å²) in [6, 6.07) is 13.7. The number of hydrogen-bond donors (Lipinski definition) is 3. The van der Waals surface area contributed by atoms with Gasteiger partial charge in [0.1, 0.15) is 6.54 Å². The molecule has 4 rings (SSSR count). The average Bonchev–Trinajstić information content (AvgIpc) is 3.33. The van der Waals surface area contributed by atoms with Crippen LogP contribution in [0.5, 0.6) is 0 Å². The van der Waals surface area contributed by atoms with Gasteiger partial charge < -0.3 is 10.2 Å². The van der Waals surface area contributed by atoms with E-state index in [1.165, 1.54) is 0 Å². The van der Waals surface area contributed by atoms with Gasteiger partial charge in [-0.05, 0) is 62.9 Å². The standard InChI is InChI=1S/C35H43N3O7S2/c1-6-20-36-33(39)26-18-19-30-28(25-26)35(4,5)32(38(30)22-10-12-24-47(43,44)45)17-13-16-31-34(2,3)27-14-7-8-15-29(27)37(31)21-9-11-23-46(40,41)42/h1,7-8,13-19,25H,9-12,20-24H2,2-5H3,(H2-,36,39,40,41,42,43,44,45)/p+1. The van der Waals surface area contributed by atoms with Gasteiger partial charge in [-0.15, -0.1) is 6.42 Å². The molecule has 0 atom stereocenters. The average molecular weight is 683 g/mol. The normalized spacial score (nSPS) is 17.6. The van der Waals surface area contributed by atoms with Crippen molar-refractivity contribution in [2.24, 2.45) is 0 Å². The first kappa shape index (κ1) is 36.1. The minimum Gasteiger partial charge on any atom is -0.344 e. The second-order valence-electron chi connectivity index (χ2n) is 13.0. The molecule has 252 valence electrons. The summed E-state index contributed by atoms with van der Waals surface area (Å²) in [7, 11) is -8.10. The number of benzene rings is 2. The van der Waals surface area contributed by atoms with Crippen molar-refractivity contribution in [2.45, 2.75) is 64.2 Å². The molecule has 2 heterocycles. The van der Waals surface area contributed by atoms with Gasteiger partial charge in [-0.3, -0.25) is 13.9 Å². The number of para-hydroxylation sites is 1. The highest BCUT2D eigenvalue weighted by molar-refractivity contribution is 7.86. The number of carbonyl (C=O) groups is 1. The molecule has 10 nitrogen and oxygen atoms in total. The molecular formula is C35H44N3O7S2+. The zero-order chi connectivity index (χ0) is 34.6. The molecule has 1 amide bonds. The number of nitrogens with zero attached hydrogens (tertiary/aromatic N) is 2. The summed E-state index contributed by atoms with van der Waals surface area (Å²) in [6.07, 6.45) is 13.1. The van der Waals surface area contributed by atoms with Crippen molar-refractivity contribution in [1.29, 1.82) is 0 Å². The van der Waals surface area contributed by atoms with Crippen LogP contribution < -0.4 is 10.2 Å². The van der Waals surface area contributed by atoms with Crippen LogP contribution in [0.2, 0.25) is 0 Å². The number of anilines is 1. The number of terminal acetylenes is 1. The first-order valence-corrected chi connectivity index (χ1v) is 18.9. The summed E-state index contributed by atoms with van der Waals surface area (Å²) in [5.41, 5.74) is 5.72. The van der Waals surface area contributed by atoms with Crippen LogP contribution in [0.25, 0.3) is 0 Å². The lowest BCUT2D eigenvalue weighted by Crippen LogP contribution is -2.28. The smallest absolute Gasteiger partial charge is 0.264 e. The fourth-order valence-corrected chi connectivity index (χ4v) is 7.65. The van der Waals surface area contributed by atoms with E-state index in [0.29, 0.717) is 37.9 Å². The number of carbonyl (C=O) groups excluding carboxylic acids is 1. The molecule has 0 aromatic heterocycles. The zero-order valence-electron chi connectivity index (χ0n) is 27.4. The van der Waals surface area contributed by atoms with E-state index in [9.17, 15) is 30.7 Å². The molecule has 0 bridgehead atoms. The van der Waals surface area contributed by atoms with Gasteiger partial charge >= 0.3 is 0 Å². The summed E-state index contributed by atoms with van der Waals surface area (Å²) in [6.45, 7) is 9.66. The van der Waals surface area contributed by atoms with E-state index in [1.54, 1.807) is 6.07 Å². The van der Waals surface area contributed by atoms with E-state index in [4.69, 9.17) is 6.42 Å². The van der Waals surface area contributed by atoms with Crippen molar-refractivity contribution in [3.63, 3.8) is 0 Å². The second kappa shape index (κ2) is 14.2. The maximum Gasteiger partial charge on any atom is 0.264 e. The van der Waals surface area contributed by atoms with Crippen molar-refractivity contribution in [3.05, 3.63) is 83.1 Å². The lowest BCUT2D eigenvalue weighted by Gasteiger charge is -2.27. The van der Waals surface area contributed by atoms with Crippen LogP contribution in [0, 0.1) is 12.3 Å². The quantitative estimate of drug-likeness (QED) is 0.109. The summed E-state index contributed by atoms with van der Waals surface area (Å²) < 4.78 is 65.9. The Balaban J connectivity index is 1.71. The Bertz CT molecular complexity index is 1880. The molecule has 0 fully saturated rings. The van der Waals surface area contributed by atoms with Gasteiger partial charge in [-0.25, -0.2) is 0 Å². The minimum absolute atomic E-state index is 0.117. The maximum absolute atomic E-state index is 12.8. The molecule has 0 spiro atoms. The lowest BCUT2D eigenvalue weighted by atomic mass is 9.81. The Morgan fingerprint density at radius 3 is 2.26 bits per heavy atom. The summed E-state index contributed by atoms with van der Waals surface area (Å²) in [4.78, 5) is 14.9. The fraction of sp³-hybridized carbons (Fsp3) is 0.429. The van der Waals surface area contributed by atoms with E-state index in [2.05, 4.69) is 66.6 Å². The van der Waals surface area contributed by atoms with Crippen molar-refractivity contribution >= 4 is 43.2 Å². The lowest BCUT2D eigenvalue weighted by molar-refractivity contribution is -0.438. The molecule has 0 aliphatic carbocycles. The van der Waals surface area contributed by atoms with Crippen molar-refractivity contribution in [3.8, 4) is 12.3 Å². The van der Waals surface area contributed by atoms with Gasteiger partial charge in [0.15, 0.2) is 5.71 Å². The third kappa shape index (κ3) is 8.40. The maximum atomic E-state index is 12.8. The Morgan fingerprint density at radius 1 is 0.936 bits per heavy atom. The van der Waals surface area contributed by atoms with Crippen molar-refractivity contribution < 1.29 is 35.3 Å². The van der Waals surface area contributed by atoms with Crippen LogP contribution in [-0.2, 0) is 31.1 Å². The third-order valence-electron chi connectivity index (χ3n) is 8.88. The molecule has 0 unspecified atom stereocenters. The zero-order valence-corrected chi connectivity index (χ0v) is 29.0. The molecule has 0 saturated heterocycles.